The van der Waals surface area contributed by atoms with Crippen LogP contribution >= 0.6 is 0 Å². The second-order valence-corrected chi connectivity index (χ2v) is 11.5. The minimum absolute atomic E-state index is 0.0434. The van der Waals surface area contributed by atoms with Crippen LogP contribution in [-0.2, 0) is 32.0 Å². The molecule has 4 aliphatic rings. The summed E-state index contributed by atoms with van der Waals surface area (Å²) in [7, 11) is 1.58. The first kappa shape index (κ1) is 29.0. The van der Waals surface area contributed by atoms with E-state index in [1.165, 1.54) is 0 Å². The number of phenolic OH excluding ortho intramolecular Hbond substituents is 1. The van der Waals surface area contributed by atoms with Crippen LogP contribution in [0.3, 0.4) is 0 Å². The zero-order chi connectivity index (χ0) is 30.1. The zero-order valence-corrected chi connectivity index (χ0v) is 23.0. The van der Waals surface area contributed by atoms with E-state index in [4.69, 9.17) is 11.1 Å². The highest BCUT2D eigenvalue weighted by Crippen LogP contribution is 2.52. The van der Waals surface area contributed by atoms with Gasteiger partial charge in [0.05, 0.1) is 35.0 Å². The van der Waals surface area contributed by atoms with Crippen molar-refractivity contribution in [3.05, 3.63) is 22.5 Å². The number of carbonyl (C=O) groups excluding carboxylic acids is 5. The molecule has 1 aromatic carbocycles. The number of Topliss-reactive ketones (excluding diaryl/α,β-unsaturated/α-hetero) is 3. The van der Waals surface area contributed by atoms with Crippen LogP contribution in [-0.4, -0.2) is 87.8 Å². The number of hydrogen-bond donors (Lipinski definition) is 6. The summed E-state index contributed by atoms with van der Waals surface area (Å²) in [4.78, 5) is 67.7. The van der Waals surface area contributed by atoms with Crippen molar-refractivity contribution in [1.82, 2.24) is 10.2 Å². The summed E-state index contributed by atoms with van der Waals surface area (Å²) in [5.74, 6) is -11.3. The predicted molar refractivity (Wildman–Crippen MR) is 143 cm³/mol. The molecule has 220 valence electrons. The highest BCUT2D eigenvalue weighted by molar-refractivity contribution is 6.33. The zero-order valence-electron chi connectivity index (χ0n) is 23.0. The summed E-state index contributed by atoms with van der Waals surface area (Å²) in [5, 5.41) is 37.0. The molecule has 3 aliphatic carbocycles. The number of benzene rings is 1. The van der Waals surface area contributed by atoms with Gasteiger partial charge in [-0.2, -0.15) is 0 Å². The molecule has 1 aromatic rings. The molecule has 0 spiro atoms. The van der Waals surface area contributed by atoms with Crippen molar-refractivity contribution < 1.29 is 38.6 Å². The molecule has 0 radical (unpaired) electrons. The third kappa shape index (κ3) is 3.97. The highest BCUT2D eigenvalue weighted by Gasteiger charge is 2.68. The summed E-state index contributed by atoms with van der Waals surface area (Å²) in [6.45, 7) is 4.47. The average Bonchev–Trinajstić information content (AvgIpc) is 2.92. The predicted octanol–water partition coefficient (Wildman–Crippen LogP) is -0.290. The summed E-state index contributed by atoms with van der Waals surface area (Å²) < 4.78 is 16.1. The molecule has 0 bridgehead atoms. The lowest BCUT2D eigenvalue weighted by Crippen LogP contribution is -2.74. The molecule has 13 heteroatoms. The van der Waals surface area contributed by atoms with E-state index in [-0.39, 0.29) is 36.1 Å². The Morgan fingerprint density at radius 1 is 1.22 bits per heavy atom. The third-order valence-electron chi connectivity index (χ3n) is 9.35. The molecule has 1 aliphatic heterocycles. The number of ketones is 3. The molecule has 1 heterocycles. The quantitative estimate of drug-likeness (QED) is 0.196. The van der Waals surface area contributed by atoms with Crippen LogP contribution in [0.4, 0.5) is 10.1 Å². The van der Waals surface area contributed by atoms with Crippen molar-refractivity contribution in [3.63, 3.8) is 0 Å². The van der Waals surface area contributed by atoms with Gasteiger partial charge >= 0.3 is 0 Å². The van der Waals surface area contributed by atoms with Gasteiger partial charge in [0.2, 0.25) is 11.8 Å². The van der Waals surface area contributed by atoms with Gasteiger partial charge in [0.15, 0.2) is 28.7 Å². The van der Waals surface area contributed by atoms with Crippen molar-refractivity contribution in [3.8, 4) is 5.75 Å². The number of carbonyl (C=O) groups is 5. The number of halogens is 1. The number of amides is 2. The lowest BCUT2D eigenvalue weighted by Gasteiger charge is -2.54. The van der Waals surface area contributed by atoms with E-state index in [2.05, 4.69) is 10.6 Å². The van der Waals surface area contributed by atoms with Gasteiger partial charge in [-0.3, -0.25) is 28.9 Å². The van der Waals surface area contributed by atoms with Crippen LogP contribution < -0.4 is 16.4 Å². The molecule has 7 atom stereocenters. The second kappa shape index (κ2) is 10.1. The molecular formula is C28H34FN5O7. The van der Waals surface area contributed by atoms with Crippen LogP contribution in [0.15, 0.2) is 0 Å². The van der Waals surface area contributed by atoms with Gasteiger partial charge in [0, 0.05) is 23.5 Å². The van der Waals surface area contributed by atoms with Gasteiger partial charge < -0.3 is 32.0 Å². The standard InChI is InChI=1S/C28H34FN5O7/c1-4-6-32-14-9-12-18(29)11-7-10-8-13-20(34(3)5-2)23(37)17(26(31)39)24(30)28(13,41)25(38)15(10)21(35)16(11)22(36)19(12)33-27(14)40/h10,13-15,17,20,30,32,36,41H,4-9H2,1-3H3,(H2,31,39)(H,33,40). The fraction of sp³-hybridized carbons (Fsp3) is 0.571. The monoisotopic (exact) mass is 571 g/mol. The maximum Gasteiger partial charge on any atom is 0.241 e. The van der Waals surface area contributed by atoms with E-state index in [0.717, 1.165) is 6.42 Å². The molecule has 2 amide bonds. The number of phenols is 1. The van der Waals surface area contributed by atoms with Gasteiger partial charge in [-0.25, -0.2) is 4.39 Å². The first-order valence-electron chi connectivity index (χ1n) is 13.8. The van der Waals surface area contributed by atoms with Crippen LogP contribution in [0.5, 0.6) is 5.75 Å². The second-order valence-electron chi connectivity index (χ2n) is 11.5. The first-order valence-corrected chi connectivity index (χ1v) is 13.8. The SMILES string of the molecule is CCCNC1Cc2c(F)c3c(c(O)c2NC1=O)C(=O)C1C(=O)C2(O)C(=N)C(C(N)=O)C(=O)C(N(C)CC)C2CC1C3. The van der Waals surface area contributed by atoms with Gasteiger partial charge in [0.25, 0.3) is 0 Å². The number of nitrogens with zero attached hydrogens (tertiary/aromatic N) is 1. The van der Waals surface area contributed by atoms with E-state index in [9.17, 15) is 34.2 Å². The molecule has 12 nitrogen and oxygen atoms in total. The van der Waals surface area contributed by atoms with Crippen molar-refractivity contribution in [2.45, 2.75) is 57.2 Å². The van der Waals surface area contributed by atoms with Gasteiger partial charge in [-0.1, -0.05) is 13.8 Å². The number of nitrogens with two attached hydrogens (primary N) is 1. The van der Waals surface area contributed by atoms with Crippen molar-refractivity contribution in [2.75, 3.05) is 25.5 Å². The average molecular weight is 572 g/mol. The lowest BCUT2D eigenvalue weighted by atomic mass is 9.52. The molecule has 2 saturated carbocycles. The highest BCUT2D eigenvalue weighted by atomic mass is 19.1. The Balaban J connectivity index is 1.61. The van der Waals surface area contributed by atoms with E-state index < -0.39 is 93.4 Å². The fourth-order valence-electron chi connectivity index (χ4n) is 7.23. The third-order valence-corrected chi connectivity index (χ3v) is 9.35. The first-order chi connectivity index (χ1) is 19.3. The Morgan fingerprint density at radius 3 is 2.51 bits per heavy atom. The van der Waals surface area contributed by atoms with E-state index >= 15 is 4.39 Å². The van der Waals surface area contributed by atoms with Crippen LogP contribution in [0.2, 0.25) is 0 Å². The van der Waals surface area contributed by atoms with Gasteiger partial charge in [-0.05, 0) is 45.3 Å². The number of aliphatic hydroxyl groups is 1. The maximum absolute atomic E-state index is 16.1. The minimum Gasteiger partial charge on any atom is -0.505 e. The van der Waals surface area contributed by atoms with Crippen molar-refractivity contribution in [2.24, 2.45) is 29.4 Å². The number of nitrogens with one attached hydrogen (secondary N) is 3. The van der Waals surface area contributed by atoms with E-state index in [0.29, 0.717) is 13.1 Å². The number of likely N-dealkylation sites (N-methyl/N-ethyl adjacent to an activating group) is 1. The molecule has 5 rings (SSSR count). The van der Waals surface area contributed by atoms with Crippen molar-refractivity contribution >= 4 is 40.6 Å². The Hall–Kier alpha value is -3.55. The van der Waals surface area contributed by atoms with E-state index in [1.54, 1.807) is 18.9 Å². The Labute approximate surface area is 235 Å². The largest absolute Gasteiger partial charge is 0.505 e. The number of fused-ring (bicyclic) bond motifs is 4. The van der Waals surface area contributed by atoms with Gasteiger partial charge in [0.1, 0.15) is 11.7 Å². The van der Waals surface area contributed by atoms with Crippen molar-refractivity contribution in [1.29, 1.82) is 5.41 Å². The van der Waals surface area contributed by atoms with Crippen LogP contribution in [0.1, 0.15) is 48.2 Å². The molecular weight excluding hydrogens is 537 g/mol. The summed E-state index contributed by atoms with van der Waals surface area (Å²) in [6, 6.07) is -1.89. The smallest absolute Gasteiger partial charge is 0.241 e. The Morgan fingerprint density at radius 2 is 1.90 bits per heavy atom. The van der Waals surface area contributed by atoms with Gasteiger partial charge in [-0.15, -0.1) is 0 Å². The van der Waals surface area contributed by atoms with E-state index in [1.807, 2.05) is 6.92 Å². The molecule has 7 unspecified atom stereocenters. The Kier molecular flexibility index (Phi) is 7.11. The normalized spacial score (nSPS) is 32.7. The number of hydrogen-bond acceptors (Lipinski definition) is 10. The van der Waals surface area contributed by atoms with Crippen LogP contribution in [0, 0.1) is 34.9 Å². The number of primary amides is 1. The molecule has 0 saturated heterocycles. The summed E-state index contributed by atoms with van der Waals surface area (Å²) in [6.07, 6.45) is 0.436. The van der Waals surface area contributed by atoms with Crippen LogP contribution in [0.25, 0.3) is 0 Å². The summed E-state index contributed by atoms with van der Waals surface area (Å²) >= 11 is 0. The molecule has 0 aromatic heterocycles. The number of rotatable bonds is 6. The summed E-state index contributed by atoms with van der Waals surface area (Å²) in [5.41, 5.74) is 1.17. The number of aromatic hydroxyl groups is 1. The fourth-order valence-corrected chi connectivity index (χ4v) is 7.23. The topological polar surface area (TPSA) is 203 Å². The molecule has 41 heavy (non-hydrogen) atoms. The molecule has 2 fully saturated rings. The lowest BCUT2D eigenvalue weighted by molar-refractivity contribution is -0.157. The number of anilines is 1. The minimum atomic E-state index is -2.65. The molecule has 7 N–H and O–H groups in total. The maximum atomic E-state index is 16.1. The Bertz CT molecular complexity index is 1410.